The van der Waals surface area contributed by atoms with Crippen molar-refractivity contribution in [3.05, 3.63) is 29.7 Å². The molecular formula is C20H30N6O2. The Hall–Kier alpha value is -2.22. The first-order chi connectivity index (χ1) is 13.5. The Kier molecular flexibility index (Phi) is 5.48. The molecule has 4 heterocycles. The number of likely N-dealkylation sites (tertiary alicyclic amines) is 1. The van der Waals surface area contributed by atoms with Crippen molar-refractivity contribution in [2.45, 2.75) is 57.4 Å². The van der Waals surface area contributed by atoms with E-state index < -0.39 is 0 Å². The molecule has 1 N–H and O–H groups in total. The SMILES string of the molecule is CC(C)C(=O)N1CCC(c2noc(C3CCNC(c4ccn(C)n4)C3)n2)CC1. The molecule has 2 atom stereocenters. The fourth-order valence-electron chi connectivity index (χ4n) is 4.29. The Morgan fingerprint density at radius 2 is 2.04 bits per heavy atom. The fraction of sp³-hybridized carbons (Fsp3) is 0.700. The van der Waals surface area contributed by atoms with Crippen LogP contribution >= 0.6 is 0 Å². The summed E-state index contributed by atoms with van der Waals surface area (Å²) < 4.78 is 7.50. The Bertz CT molecular complexity index is 805. The molecule has 0 spiro atoms. The zero-order chi connectivity index (χ0) is 19.7. The maximum Gasteiger partial charge on any atom is 0.229 e. The van der Waals surface area contributed by atoms with Gasteiger partial charge >= 0.3 is 0 Å². The number of aryl methyl sites for hydroxylation is 1. The minimum Gasteiger partial charge on any atom is -0.342 e. The monoisotopic (exact) mass is 386 g/mol. The van der Waals surface area contributed by atoms with Crippen molar-refractivity contribution in [3.63, 3.8) is 0 Å². The summed E-state index contributed by atoms with van der Waals surface area (Å²) in [6.45, 7) is 6.38. The highest BCUT2D eigenvalue weighted by molar-refractivity contribution is 5.78. The molecule has 0 aromatic carbocycles. The van der Waals surface area contributed by atoms with E-state index in [2.05, 4.69) is 21.6 Å². The lowest BCUT2D eigenvalue weighted by atomic mass is 9.90. The van der Waals surface area contributed by atoms with E-state index in [0.717, 1.165) is 62.7 Å². The zero-order valence-corrected chi connectivity index (χ0v) is 17.0. The van der Waals surface area contributed by atoms with E-state index in [-0.39, 0.29) is 29.7 Å². The van der Waals surface area contributed by atoms with Gasteiger partial charge in [0.05, 0.1) is 11.7 Å². The highest BCUT2D eigenvalue weighted by Crippen LogP contribution is 2.34. The minimum absolute atomic E-state index is 0.0558. The first-order valence-electron chi connectivity index (χ1n) is 10.4. The van der Waals surface area contributed by atoms with Crippen molar-refractivity contribution in [1.29, 1.82) is 0 Å². The molecule has 8 heteroatoms. The minimum atomic E-state index is 0.0558. The average Bonchev–Trinajstić information content (AvgIpc) is 3.37. The van der Waals surface area contributed by atoms with Crippen molar-refractivity contribution in [3.8, 4) is 0 Å². The second kappa shape index (κ2) is 8.03. The van der Waals surface area contributed by atoms with Gasteiger partial charge in [-0.2, -0.15) is 10.1 Å². The molecule has 2 aliphatic heterocycles. The van der Waals surface area contributed by atoms with Gasteiger partial charge in [-0.3, -0.25) is 9.48 Å². The molecule has 28 heavy (non-hydrogen) atoms. The first kappa shape index (κ1) is 19.1. The van der Waals surface area contributed by atoms with Gasteiger partial charge in [-0.1, -0.05) is 19.0 Å². The van der Waals surface area contributed by atoms with Gasteiger partial charge < -0.3 is 14.7 Å². The maximum absolute atomic E-state index is 12.2. The topological polar surface area (TPSA) is 89.1 Å². The number of rotatable bonds is 4. The number of hydrogen-bond acceptors (Lipinski definition) is 6. The molecule has 2 fully saturated rings. The number of nitrogens with zero attached hydrogens (tertiary/aromatic N) is 5. The van der Waals surface area contributed by atoms with Crippen molar-refractivity contribution in [2.75, 3.05) is 19.6 Å². The van der Waals surface area contributed by atoms with E-state index in [0.29, 0.717) is 0 Å². The molecule has 0 bridgehead atoms. The molecule has 2 unspecified atom stereocenters. The summed E-state index contributed by atoms with van der Waals surface area (Å²) in [6, 6.07) is 2.28. The molecule has 8 nitrogen and oxygen atoms in total. The zero-order valence-electron chi connectivity index (χ0n) is 17.0. The lowest BCUT2D eigenvalue weighted by molar-refractivity contribution is -0.135. The number of carbonyl (C=O) groups excluding carboxylic acids is 1. The molecule has 0 radical (unpaired) electrons. The fourth-order valence-corrected chi connectivity index (χ4v) is 4.29. The number of carbonyl (C=O) groups is 1. The Morgan fingerprint density at radius 3 is 2.71 bits per heavy atom. The highest BCUT2D eigenvalue weighted by Gasteiger charge is 2.32. The van der Waals surface area contributed by atoms with Crippen molar-refractivity contribution >= 4 is 5.91 Å². The summed E-state index contributed by atoms with van der Waals surface area (Å²) >= 11 is 0. The number of nitrogens with one attached hydrogen (secondary N) is 1. The second-order valence-corrected chi connectivity index (χ2v) is 8.39. The Morgan fingerprint density at radius 1 is 1.25 bits per heavy atom. The van der Waals surface area contributed by atoms with E-state index in [1.54, 1.807) is 0 Å². The van der Waals surface area contributed by atoms with E-state index in [1.165, 1.54) is 0 Å². The molecule has 2 aromatic rings. The largest absolute Gasteiger partial charge is 0.342 e. The van der Waals surface area contributed by atoms with Gasteiger partial charge in [-0.15, -0.1) is 0 Å². The van der Waals surface area contributed by atoms with Crippen molar-refractivity contribution < 1.29 is 9.32 Å². The lowest BCUT2D eigenvalue weighted by Gasteiger charge is -2.31. The van der Waals surface area contributed by atoms with Crippen LogP contribution in [0.2, 0.25) is 0 Å². The molecular weight excluding hydrogens is 356 g/mol. The predicted molar refractivity (Wildman–Crippen MR) is 104 cm³/mol. The van der Waals surface area contributed by atoms with Crippen LogP contribution in [0.3, 0.4) is 0 Å². The van der Waals surface area contributed by atoms with Gasteiger partial charge in [-0.05, 0) is 38.3 Å². The van der Waals surface area contributed by atoms with Crippen LogP contribution in [0.5, 0.6) is 0 Å². The average molecular weight is 387 g/mol. The third-order valence-corrected chi connectivity index (χ3v) is 5.97. The van der Waals surface area contributed by atoms with Crippen LogP contribution in [0.15, 0.2) is 16.8 Å². The quantitative estimate of drug-likeness (QED) is 0.868. The summed E-state index contributed by atoms with van der Waals surface area (Å²) in [5.74, 6) is 2.39. The van der Waals surface area contributed by atoms with Crippen LogP contribution < -0.4 is 5.32 Å². The van der Waals surface area contributed by atoms with E-state index in [9.17, 15) is 4.79 Å². The number of aromatic nitrogens is 4. The molecule has 2 aliphatic rings. The molecule has 4 rings (SSSR count). The molecule has 2 aromatic heterocycles. The number of amides is 1. The van der Waals surface area contributed by atoms with Crippen LogP contribution in [0, 0.1) is 5.92 Å². The van der Waals surface area contributed by atoms with Gasteiger partial charge in [0.2, 0.25) is 11.8 Å². The second-order valence-electron chi connectivity index (χ2n) is 8.39. The van der Waals surface area contributed by atoms with Gasteiger partial charge in [0.1, 0.15) is 0 Å². The number of hydrogen-bond donors (Lipinski definition) is 1. The number of piperidine rings is 2. The van der Waals surface area contributed by atoms with Crippen molar-refractivity contribution in [2.24, 2.45) is 13.0 Å². The van der Waals surface area contributed by atoms with Crippen LogP contribution in [0.4, 0.5) is 0 Å². The summed E-state index contributed by atoms with van der Waals surface area (Å²) in [6.07, 6.45) is 5.69. The van der Waals surface area contributed by atoms with Crippen LogP contribution in [-0.2, 0) is 11.8 Å². The van der Waals surface area contributed by atoms with E-state index in [1.807, 2.05) is 36.7 Å². The van der Waals surface area contributed by atoms with Gasteiger partial charge in [0, 0.05) is 44.1 Å². The standard InChI is InChI=1S/C20H30N6O2/c1-13(2)20(27)26-10-5-14(6-11-26)18-22-19(28-24-18)15-4-8-21-17(12-15)16-7-9-25(3)23-16/h7,9,13-15,17,21H,4-6,8,10-12H2,1-3H3. The van der Waals surface area contributed by atoms with Gasteiger partial charge in [0.15, 0.2) is 5.82 Å². The van der Waals surface area contributed by atoms with E-state index >= 15 is 0 Å². The molecule has 152 valence electrons. The normalized spacial score (nSPS) is 24.1. The van der Waals surface area contributed by atoms with Gasteiger partial charge in [0.25, 0.3) is 0 Å². The Balaban J connectivity index is 1.37. The Labute approximate surface area is 165 Å². The highest BCUT2D eigenvalue weighted by atomic mass is 16.5. The summed E-state index contributed by atoms with van der Waals surface area (Å²) in [7, 11) is 1.94. The smallest absolute Gasteiger partial charge is 0.229 e. The van der Waals surface area contributed by atoms with Gasteiger partial charge in [-0.25, -0.2) is 0 Å². The molecule has 1 amide bonds. The van der Waals surface area contributed by atoms with Crippen LogP contribution in [-0.4, -0.2) is 50.4 Å². The maximum atomic E-state index is 12.2. The summed E-state index contributed by atoms with van der Waals surface area (Å²) in [4.78, 5) is 18.9. The van der Waals surface area contributed by atoms with Crippen LogP contribution in [0.1, 0.15) is 74.8 Å². The summed E-state index contributed by atoms with van der Waals surface area (Å²) in [5, 5.41) is 12.4. The third-order valence-electron chi connectivity index (χ3n) is 5.97. The third kappa shape index (κ3) is 3.97. The van der Waals surface area contributed by atoms with Crippen molar-refractivity contribution in [1.82, 2.24) is 30.1 Å². The van der Waals surface area contributed by atoms with E-state index in [4.69, 9.17) is 9.51 Å². The lowest BCUT2D eigenvalue weighted by Crippen LogP contribution is -2.40. The first-order valence-corrected chi connectivity index (χ1v) is 10.4. The summed E-state index contributed by atoms with van der Waals surface area (Å²) in [5.41, 5.74) is 1.06. The molecule has 0 saturated carbocycles. The molecule has 0 aliphatic carbocycles. The van der Waals surface area contributed by atoms with Crippen LogP contribution in [0.25, 0.3) is 0 Å². The molecule has 2 saturated heterocycles. The predicted octanol–water partition coefficient (Wildman–Crippen LogP) is 2.37.